The second-order valence-corrected chi connectivity index (χ2v) is 11.3. The van der Waals surface area contributed by atoms with Crippen LogP contribution < -0.4 is 9.47 Å². The van der Waals surface area contributed by atoms with Crippen molar-refractivity contribution >= 4 is 28.6 Å². The largest absolute Gasteiger partial charge is 0.482 e. The molecule has 0 N–H and O–H groups in total. The van der Waals surface area contributed by atoms with Gasteiger partial charge in [-0.15, -0.1) is 0 Å². The van der Waals surface area contributed by atoms with Crippen molar-refractivity contribution in [1.29, 1.82) is 0 Å². The Kier molecular flexibility index (Phi) is 9.06. The summed E-state index contributed by atoms with van der Waals surface area (Å²) >= 11 is 5.86. The summed E-state index contributed by atoms with van der Waals surface area (Å²) in [6.07, 6.45) is 3.14. The van der Waals surface area contributed by atoms with Gasteiger partial charge < -0.3 is 23.5 Å². The van der Waals surface area contributed by atoms with E-state index in [0.717, 1.165) is 74.6 Å². The number of carbonyl (C=O) groups excluding carboxylic acids is 1. The molecule has 9 nitrogen and oxygen atoms in total. The SMILES string of the molecule is COC(=O)COc1ccc2c(c1)nc(CN1CCC(c3cccc(OCc4ccc(Cl)cc4F)n3)CC1)n2C[C@@H]1CCO1. The molecule has 0 unspecified atom stereocenters. The summed E-state index contributed by atoms with van der Waals surface area (Å²) < 4.78 is 38.2. The third kappa shape index (κ3) is 7.09. The number of fused-ring (bicyclic) bond motifs is 1. The molecule has 4 aromatic rings. The first kappa shape index (κ1) is 29.3. The number of piperidine rings is 1. The van der Waals surface area contributed by atoms with Gasteiger partial charge >= 0.3 is 5.97 Å². The molecule has 2 saturated heterocycles. The van der Waals surface area contributed by atoms with Gasteiger partial charge in [0, 0.05) is 40.9 Å². The Hall–Kier alpha value is -3.73. The van der Waals surface area contributed by atoms with E-state index in [9.17, 15) is 9.18 Å². The Morgan fingerprint density at radius 3 is 2.65 bits per heavy atom. The molecule has 6 rings (SSSR count). The number of halogens is 2. The minimum Gasteiger partial charge on any atom is -0.482 e. The molecule has 226 valence electrons. The Labute approximate surface area is 254 Å². The number of likely N-dealkylation sites (tertiary alicyclic amines) is 1. The molecule has 0 saturated carbocycles. The lowest BCUT2D eigenvalue weighted by atomic mass is 9.93. The van der Waals surface area contributed by atoms with Crippen molar-refractivity contribution in [3.05, 3.63) is 82.5 Å². The number of benzene rings is 2. The van der Waals surface area contributed by atoms with Crippen LogP contribution in [0.3, 0.4) is 0 Å². The van der Waals surface area contributed by atoms with Gasteiger partial charge in [-0.05, 0) is 62.7 Å². The fourth-order valence-electron chi connectivity index (χ4n) is 5.52. The van der Waals surface area contributed by atoms with Crippen LogP contribution in [-0.4, -0.2) is 64.9 Å². The summed E-state index contributed by atoms with van der Waals surface area (Å²) in [7, 11) is 1.34. The number of nitrogens with zero attached hydrogens (tertiary/aromatic N) is 4. The predicted octanol–water partition coefficient (Wildman–Crippen LogP) is 5.52. The van der Waals surface area contributed by atoms with Crippen molar-refractivity contribution < 1.29 is 28.1 Å². The van der Waals surface area contributed by atoms with E-state index in [1.54, 1.807) is 18.2 Å². The predicted molar refractivity (Wildman–Crippen MR) is 159 cm³/mol. The molecule has 2 aliphatic heterocycles. The zero-order valence-corrected chi connectivity index (χ0v) is 24.8. The van der Waals surface area contributed by atoms with E-state index >= 15 is 0 Å². The first-order valence-electron chi connectivity index (χ1n) is 14.5. The molecule has 2 aromatic carbocycles. The molecule has 43 heavy (non-hydrogen) atoms. The van der Waals surface area contributed by atoms with E-state index in [1.807, 2.05) is 30.3 Å². The fourth-order valence-corrected chi connectivity index (χ4v) is 5.68. The summed E-state index contributed by atoms with van der Waals surface area (Å²) in [5.74, 6) is 1.53. The summed E-state index contributed by atoms with van der Waals surface area (Å²) in [6.45, 7) is 4.02. The van der Waals surface area contributed by atoms with Crippen molar-refractivity contribution in [2.45, 2.75) is 51.0 Å². The normalized spacial score (nSPS) is 17.5. The number of rotatable bonds is 11. The van der Waals surface area contributed by atoms with Crippen LogP contribution in [-0.2, 0) is 34.0 Å². The van der Waals surface area contributed by atoms with Gasteiger partial charge in [0.05, 0.1) is 37.3 Å². The highest BCUT2D eigenvalue weighted by Crippen LogP contribution is 2.30. The number of hydrogen-bond donors (Lipinski definition) is 0. The molecule has 11 heteroatoms. The second kappa shape index (κ2) is 13.3. The number of imidazole rings is 1. The highest BCUT2D eigenvalue weighted by molar-refractivity contribution is 6.30. The highest BCUT2D eigenvalue weighted by Gasteiger charge is 2.26. The maximum atomic E-state index is 14.1. The van der Waals surface area contributed by atoms with Crippen LogP contribution in [0, 0.1) is 5.82 Å². The molecule has 0 spiro atoms. The standard InChI is InChI=1S/C32H34ClFN4O5/c1-40-32(39)20-42-24-7-8-29-28(16-24)35-30(38(29)17-25-11-14-41-25)18-37-12-9-21(10-13-37)27-3-2-4-31(36-27)43-19-22-5-6-23(33)15-26(22)34/h2-8,15-16,21,25H,9-14,17-20H2,1H3/t25-/m0/s1. The summed E-state index contributed by atoms with van der Waals surface area (Å²) in [6, 6.07) is 16.1. The van der Waals surface area contributed by atoms with Gasteiger partial charge in [0.25, 0.3) is 0 Å². The molecule has 2 aliphatic rings. The van der Waals surface area contributed by atoms with Crippen LogP contribution >= 0.6 is 11.6 Å². The van der Waals surface area contributed by atoms with E-state index in [-0.39, 0.29) is 19.3 Å². The fraction of sp³-hybridized carbons (Fsp3) is 0.406. The Morgan fingerprint density at radius 2 is 1.91 bits per heavy atom. The minimum absolute atomic E-state index is 0.0870. The Morgan fingerprint density at radius 1 is 1.07 bits per heavy atom. The van der Waals surface area contributed by atoms with Gasteiger partial charge in [0.15, 0.2) is 6.61 Å². The molecule has 0 bridgehead atoms. The van der Waals surface area contributed by atoms with Crippen LogP contribution in [0.25, 0.3) is 11.0 Å². The van der Waals surface area contributed by atoms with Crippen molar-refractivity contribution in [1.82, 2.24) is 19.4 Å². The Bertz CT molecular complexity index is 1590. The molecular weight excluding hydrogens is 575 g/mol. The first-order chi connectivity index (χ1) is 20.9. The van der Waals surface area contributed by atoms with E-state index in [2.05, 4.69) is 14.2 Å². The van der Waals surface area contributed by atoms with Crippen LogP contribution in [0.5, 0.6) is 11.6 Å². The molecule has 1 atom stereocenters. The van der Waals surface area contributed by atoms with Crippen molar-refractivity contribution in [2.75, 3.05) is 33.4 Å². The van der Waals surface area contributed by atoms with Gasteiger partial charge in [-0.2, -0.15) is 0 Å². The lowest BCUT2D eigenvalue weighted by Crippen LogP contribution is -2.35. The number of methoxy groups -OCH3 is 1. The third-order valence-electron chi connectivity index (χ3n) is 8.07. The number of pyridine rings is 1. The summed E-state index contributed by atoms with van der Waals surface area (Å²) in [5, 5.41) is 0.355. The van der Waals surface area contributed by atoms with Crippen molar-refractivity contribution in [3.8, 4) is 11.6 Å². The Balaban J connectivity index is 1.09. The first-order valence-corrected chi connectivity index (χ1v) is 14.9. The zero-order chi connectivity index (χ0) is 29.8. The quantitative estimate of drug-likeness (QED) is 0.206. The maximum Gasteiger partial charge on any atom is 0.343 e. The molecule has 2 fully saturated rings. The van der Waals surface area contributed by atoms with E-state index in [1.165, 1.54) is 13.2 Å². The lowest BCUT2D eigenvalue weighted by molar-refractivity contribution is -0.142. The van der Waals surface area contributed by atoms with Crippen molar-refractivity contribution in [2.24, 2.45) is 0 Å². The van der Waals surface area contributed by atoms with E-state index < -0.39 is 11.8 Å². The molecule has 4 heterocycles. The van der Waals surface area contributed by atoms with Gasteiger partial charge in [-0.25, -0.2) is 19.2 Å². The molecule has 2 aromatic heterocycles. The average molecular weight is 609 g/mol. The minimum atomic E-state index is -0.431. The topological polar surface area (TPSA) is 87.9 Å². The van der Waals surface area contributed by atoms with Crippen LogP contribution in [0.15, 0.2) is 54.6 Å². The highest BCUT2D eigenvalue weighted by atomic mass is 35.5. The summed E-state index contributed by atoms with van der Waals surface area (Å²) in [4.78, 5) is 23.7. The van der Waals surface area contributed by atoms with Gasteiger partial charge in [-0.1, -0.05) is 23.7 Å². The van der Waals surface area contributed by atoms with E-state index in [4.69, 9.17) is 35.8 Å². The van der Waals surface area contributed by atoms with Gasteiger partial charge in [-0.3, -0.25) is 4.90 Å². The monoisotopic (exact) mass is 608 g/mol. The number of carbonyl (C=O) groups is 1. The number of aromatic nitrogens is 3. The van der Waals surface area contributed by atoms with Crippen LogP contribution in [0.2, 0.25) is 5.02 Å². The lowest BCUT2D eigenvalue weighted by Gasteiger charge is -2.32. The number of hydrogen-bond acceptors (Lipinski definition) is 8. The maximum absolute atomic E-state index is 14.1. The van der Waals surface area contributed by atoms with Gasteiger partial charge in [0.2, 0.25) is 5.88 Å². The van der Waals surface area contributed by atoms with Crippen molar-refractivity contribution in [3.63, 3.8) is 0 Å². The van der Waals surface area contributed by atoms with E-state index in [0.29, 0.717) is 28.1 Å². The number of esters is 1. The molecular formula is C32H34ClFN4O5. The average Bonchev–Trinajstić information content (AvgIpc) is 3.33. The third-order valence-corrected chi connectivity index (χ3v) is 8.30. The molecule has 0 amide bonds. The zero-order valence-electron chi connectivity index (χ0n) is 24.0. The van der Waals surface area contributed by atoms with Crippen LogP contribution in [0.1, 0.15) is 42.3 Å². The number of ether oxygens (including phenoxy) is 4. The van der Waals surface area contributed by atoms with Crippen LogP contribution in [0.4, 0.5) is 4.39 Å². The molecule has 0 aliphatic carbocycles. The second-order valence-electron chi connectivity index (χ2n) is 10.9. The molecule has 0 radical (unpaired) electrons. The van der Waals surface area contributed by atoms with Gasteiger partial charge in [0.1, 0.15) is 24.0 Å². The summed E-state index contributed by atoms with van der Waals surface area (Å²) in [5.41, 5.74) is 3.27. The smallest absolute Gasteiger partial charge is 0.343 e.